The van der Waals surface area contributed by atoms with E-state index in [2.05, 4.69) is 138 Å². The molecule has 0 radical (unpaired) electrons. The molecule has 244 valence electrons. The smallest absolute Gasteiger partial charge is 0.191 e. The van der Waals surface area contributed by atoms with Crippen LogP contribution in [0.15, 0.2) is 97.1 Å². The predicted molar refractivity (Wildman–Crippen MR) is 192 cm³/mol. The predicted octanol–water partition coefficient (Wildman–Crippen LogP) is 11.8. The molecule has 0 fully saturated rings. The fraction of sp³-hybridized carbons (Fsp3) is 0.550. The largest absolute Gasteiger partial charge is 0.417 e. The Morgan fingerprint density at radius 1 is 0.659 bits per heavy atom. The van der Waals surface area contributed by atoms with Crippen molar-refractivity contribution in [3.63, 3.8) is 0 Å². The summed E-state index contributed by atoms with van der Waals surface area (Å²) >= 11 is 0. The molecule has 0 aliphatic carbocycles. The lowest BCUT2D eigenvalue weighted by Crippen LogP contribution is -2.40. The zero-order chi connectivity index (χ0) is 31.9. The molecule has 0 spiro atoms. The highest BCUT2D eigenvalue weighted by Gasteiger charge is 2.36. The molecule has 44 heavy (non-hydrogen) atoms. The first-order chi connectivity index (χ1) is 21.2. The minimum absolute atomic E-state index is 0.0738. The van der Waals surface area contributed by atoms with Gasteiger partial charge in [0.15, 0.2) is 8.32 Å². The van der Waals surface area contributed by atoms with E-state index in [0.717, 1.165) is 45.1 Å². The highest BCUT2D eigenvalue weighted by atomic mass is 28.4. The van der Waals surface area contributed by atoms with Gasteiger partial charge < -0.3 is 13.9 Å². The van der Waals surface area contributed by atoms with Crippen molar-refractivity contribution in [3.05, 3.63) is 108 Å². The zero-order valence-corrected chi connectivity index (χ0v) is 29.8. The molecule has 3 nitrogen and oxygen atoms in total. The molecule has 4 heteroatoms. The van der Waals surface area contributed by atoms with Gasteiger partial charge in [0.1, 0.15) is 0 Å². The summed E-state index contributed by atoms with van der Waals surface area (Å²) < 4.78 is 19.1. The number of rotatable bonds is 23. The van der Waals surface area contributed by atoms with Crippen LogP contribution in [-0.2, 0) is 27.1 Å². The lowest BCUT2D eigenvalue weighted by Gasteiger charge is -2.36. The molecule has 0 heterocycles. The Morgan fingerprint density at radius 3 is 1.75 bits per heavy atom. The van der Waals surface area contributed by atoms with Crippen LogP contribution in [0.4, 0.5) is 0 Å². The van der Waals surface area contributed by atoms with Gasteiger partial charge in [0, 0.05) is 6.61 Å². The number of allylic oxidation sites excluding steroid dienone is 4. The fourth-order valence-electron chi connectivity index (χ4n) is 4.58. The molecule has 2 aromatic carbocycles. The van der Waals surface area contributed by atoms with Gasteiger partial charge in [0.25, 0.3) is 0 Å². The second kappa shape index (κ2) is 22.3. The number of unbranched alkanes of at least 4 members (excludes halogenated alkanes) is 5. The van der Waals surface area contributed by atoms with Crippen molar-refractivity contribution in [3.8, 4) is 0 Å². The first-order valence-corrected chi connectivity index (χ1v) is 20.1. The number of ether oxygens (including phenoxy) is 2. The molecule has 0 saturated carbocycles. The van der Waals surface area contributed by atoms with Gasteiger partial charge in [-0.3, -0.25) is 0 Å². The second-order valence-electron chi connectivity index (χ2n) is 13.4. The Kier molecular flexibility index (Phi) is 19.2. The summed E-state index contributed by atoms with van der Waals surface area (Å²) in [4.78, 5) is 0. The van der Waals surface area contributed by atoms with Gasteiger partial charge in [0.05, 0.1) is 25.4 Å². The summed E-state index contributed by atoms with van der Waals surface area (Å²) in [5.41, 5.74) is 2.42. The molecule has 2 atom stereocenters. The number of benzene rings is 2. The molecule has 2 aromatic rings. The Hall–Kier alpha value is -2.24. The van der Waals surface area contributed by atoms with Crippen LogP contribution in [0.5, 0.6) is 0 Å². The zero-order valence-electron chi connectivity index (χ0n) is 28.8. The van der Waals surface area contributed by atoms with Crippen molar-refractivity contribution in [2.24, 2.45) is 0 Å². The van der Waals surface area contributed by atoms with E-state index in [9.17, 15) is 0 Å². The maximum atomic E-state index is 6.38. The average molecular weight is 619 g/mol. The van der Waals surface area contributed by atoms with Crippen LogP contribution in [0, 0.1) is 0 Å². The van der Waals surface area contributed by atoms with Crippen LogP contribution in [0.3, 0.4) is 0 Å². The topological polar surface area (TPSA) is 27.7 Å². The summed E-state index contributed by atoms with van der Waals surface area (Å²) in [5.74, 6) is 0. The molecule has 0 aliphatic rings. The van der Waals surface area contributed by atoms with Crippen LogP contribution in [0.2, 0.25) is 18.1 Å². The van der Waals surface area contributed by atoms with Gasteiger partial charge in [-0.1, -0.05) is 150 Å². The summed E-state index contributed by atoms with van der Waals surface area (Å²) in [7, 11) is -1.67. The maximum absolute atomic E-state index is 6.38. The van der Waals surface area contributed by atoms with Crippen molar-refractivity contribution >= 4 is 8.32 Å². The fourth-order valence-corrected chi connectivity index (χ4v) is 5.67. The normalized spacial score (nSPS) is 14.2. The summed E-state index contributed by atoms with van der Waals surface area (Å²) in [5, 5.41) is 0.262. The minimum atomic E-state index is -1.67. The van der Waals surface area contributed by atoms with E-state index in [0.29, 0.717) is 13.2 Å². The third-order valence-corrected chi connectivity index (χ3v) is 13.1. The maximum Gasteiger partial charge on any atom is 0.191 e. The van der Waals surface area contributed by atoms with Gasteiger partial charge in [-0.25, -0.2) is 0 Å². The van der Waals surface area contributed by atoms with Crippen LogP contribution in [-0.4, -0.2) is 27.1 Å². The van der Waals surface area contributed by atoms with Crippen molar-refractivity contribution in [2.75, 3.05) is 6.61 Å². The first-order valence-electron chi connectivity index (χ1n) is 17.2. The Balaban J connectivity index is 1.92. The Morgan fingerprint density at radius 2 is 1.20 bits per heavy atom. The molecule has 0 aliphatic heterocycles. The van der Waals surface area contributed by atoms with E-state index in [-0.39, 0.29) is 17.2 Å². The van der Waals surface area contributed by atoms with Crippen molar-refractivity contribution < 1.29 is 13.9 Å². The minimum Gasteiger partial charge on any atom is -0.417 e. The third kappa shape index (κ3) is 17.3. The number of hydrogen-bond acceptors (Lipinski definition) is 3. The summed E-state index contributed by atoms with van der Waals surface area (Å²) in [6, 6.07) is 20.9. The lowest BCUT2D eigenvalue weighted by atomic mass is 10.1. The lowest BCUT2D eigenvalue weighted by molar-refractivity contribution is 0.0642. The van der Waals surface area contributed by atoms with E-state index >= 15 is 0 Å². The van der Waals surface area contributed by atoms with Crippen LogP contribution < -0.4 is 0 Å². The van der Waals surface area contributed by atoms with Gasteiger partial charge in [0.2, 0.25) is 0 Å². The summed E-state index contributed by atoms with van der Waals surface area (Å²) in [6.07, 6.45) is 25.0. The molecule has 2 unspecified atom stereocenters. The molecule has 2 rings (SSSR count). The van der Waals surface area contributed by atoms with E-state index in [4.69, 9.17) is 13.9 Å². The van der Waals surface area contributed by atoms with E-state index in [1.165, 1.54) is 36.8 Å². The third-order valence-electron chi connectivity index (χ3n) is 8.54. The molecule has 0 N–H and O–H groups in total. The highest BCUT2D eigenvalue weighted by Crippen LogP contribution is 2.36. The average Bonchev–Trinajstić information content (AvgIpc) is 3.01. The standard InChI is InChI=1S/C40H62O3Si/c1-7-8-9-10-11-12-20-29-38(41-34-36-25-16-13-17-26-36)31-22-23-32-39(42-35-37-27-18-14-19-28-37)30-21-15-24-33-43-44(5,6)40(2,3)4/h11-14,16-19,22-23,25-28,31-32,38-39H,7-10,15,20-21,24,29-30,33-35H2,1-6H3. The van der Waals surface area contributed by atoms with E-state index in [1.54, 1.807) is 0 Å². The van der Waals surface area contributed by atoms with Gasteiger partial charge in [-0.15, -0.1) is 0 Å². The van der Waals surface area contributed by atoms with E-state index in [1.807, 2.05) is 0 Å². The molecule has 0 aromatic heterocycles. The molecule has 0 bridgehead atoms. The first kappa shape index (κ1) is 37.9. The molecule has 0 amide bonds. The van der Waals surface area contributed by atoms with E-state index < -0.39 is 8.32 Å². The Bertz CT molecular complexity index is 1050. The van der Waals surface area contributed by atoms with Gasteiger partial charge in [-0.2, -0.15) is 0 Å². The van der Waals surface area contributed by atoms with Crippen LogP contribution in [0.25, 0.3) is 0 Å². The Labute approximate surface area is 271 Å². The van der Waals surface area contributed by atoms with Gasteiger partial charge in [-0.05, 0) is 67.8 Å². The van der Waals surface area contributed by atoms with Crippen LogP contribution in [0.1, 0.15) is 103 Å². The SMILES string of the molecule is CCCCCC=CCCC(C=CC=CC(CCCCCO[Si](C)(C)C(C)(C)C)OCc1ccccc1)OCc1ccccc1. The highest BCUT2D eigenvalue weighted by molar-refractivity contribution is 6.74. The summed E-state index contributed by atoms with van der Waals surface area (Å²) in [6.45, 7) is 16.0. The van der Waals surface area contributed by atoms with Crippen molar-refractivity contribution in [1.82, 2.24) is 0 Å². The molecule has 0 saturated heterocycles. The van der Waals surface area contributed by atoms with Crippen molar-refractivity contribution in [2.45, 2.75) is 135 Å². The second-order valence-corrected chi connectivity index (χ2v) is 18.3. The van der Waals surface area contributed by atoms with Crippen LogP contribution >= 0.6 is 0 Å². The van der Waals surface area contributed by atoms with Gasteiger partial charge >= 0.3 is 0 Å². The number of hydrogen-bond donors (Lipinski definition) is 0. The molecular weight excluding hydrogens is 557 g/mol. The monoisotopic (exact) mass is 618 g/mol. The van der Waals surface area contributed by atoms with Crippen molar-refractivity contribution in [1.29, 1.82) is 0 Å². The molecular formula is C40H62O3Si. The quantitative estimate of drug-likeness (QED) is 0.0537.